The van der Waals surface area contributed by atoms with Gasteiger partial charge in [-0.05, 0) is 78.1 Å². The van der Waals surface area contributed by atoms with Gasteiger partial charge in [-0.25, -0.2) is 0 Å². The molecule has 0 aromatic heterocycles. The van der Waals surface area contributed by atoms with Gasteiger partial charge in [0, 0.05) is 0 Å². The second kappa shape index (κ2) is 17.6. The van der Waals surface area contributed by atoms with Crippen LogP contribution >= 0.6 is 0 Å². The Hall–Kier alpha value is 0.924. The second-order valence-electron chi connectivity index (χ2n) is 13.7. The van der Waals surface area contributed by atoms with Gasteiger partial charge in [-0.2, -0.15) is 0 Å². The van der Waals surface area contributed by atoms with E-state index in [-0.39, 0.29) is 0 Å². The molecule has 0 aliphatic heterocycles. The average Bonchev–Trinajstić information content (AvgIpc) is 2.63. The molecule has 0 N–H and O–H groups in total. The zero-order chi connectivity index (χ0) is 27.9. The highest BCUT2D eigenvalue weighted by Crippen LogP contribution is 2.28. The largest absolute Gasteiger partial charge is 0.437 e. The predicted octanol–water partition coefficient (Wildman–Crippen LogP) is 10.5. The van der Waals surface area contributed by atoms with Crippen LogP contribution in [0.25, 0.3) is 0 Å². The van der Waals surface area contributed by atoms with Crippen molar-refractivity contribution < 1.29 is 16.5 Å². The van der Waals surface area contributed by atoms with Crippen LogP contribution in [0.4, 0.5) is 0 Å². The van der Waals surface area contributed by atoms with Gasteiger partial charge in [-0.3, -0.25) is 0 Å². The van der Waals surface area contributed by atoms with Crippen LogP contribution in [0.5, 0.6) is 0 Å². The Morgan fingerprint density at radius 2 is 0.694 bits per heavy atom. The van der Waals surface area contributed by atoms with Gasteiger partial charge in [0.15, 0.2) is 16.6 Å². The maximum atomic E-state index is 6.78. The molecule has 0 aromatic rings. The molecule has 0 heterocycles. The lowest BCUT2D eigenvalue weighted by atomic mass is 10.0. The third-order valence-electron chi connectivity index (χ3n) is 6.09. The first kappa shape index (κ1) is 36.9. The molecule has 0 saturated heterocycles. The lowest BCUT2D eigenvalue weighted by Crippen LogP contribution is -2.58. The van der Waals surface area contributed by atoms with Gasteiger partial charge >= 0.3 is 25.7 Å². The summed E-state index contributed by atoms with van der Waals surface area (Å²) in [7, 11) is -10.2. The van der Waals surface area contributed by atoms with Crippen molar-refractivity contribution >= 4 is 42.3 Å². The number of hydrogen-bond acceptors (Lipinski definition) is 4. The van der Waals surface area contributed by atoms with Crippen LogP contribution in [-0.2, 0) is 16.5 Å². The van der Waals surface area contributed by atoms with E-state index in [1.54, 1.807) is 0 Å². The van der Waals surface area contributed by atoms with Crippen LogP contribution in [0.15, 0.2) is 0 Å². The van der Waals surface area contributed by atoms with E-state index in [0.717, 1.165) is 6.42 Å². The van der Waals surface area contributed by atoms with Gasteiger partial charge in [-0.15, -0.1) is 0 Å². The van der Waals surface area contributed by atoms with Gasteiger partial charge < -0.3 is 16.5 Å². The molecule has 0 aliphatic rings. The van der Waals surface area contributed by atoms with E-state index in [1.807, 2.05) is 0 Å². The monoisotopic (exact) mass is 593 g/mol. The predicted molar refractivity (Wildman–Crippen MR) is 172 cm³/mol. The summed E-state index contributed by atoms with van der Waals surface area (Å²) in [4.78, 5) is 0. The molecule has 0 unspecified atom stereocenters. The fourth-order valence-electron chi connectivity index (χ4n) is 5.37. The van der Waals surface area contributed by atoms with Crippen molar-refractivity contribution in [3.63, 3.8) is 0 Å². The van der Waals surface area contributed by atoms with Crippen LogP contribution in [0, 0.1) is 6.92 Å². The van der Waals surface area contributed by atoms with Crippen molar-refractivity contribution in [3.8, 4) is 0 Å². The summed E-state index contributed by atoms with van der Waals surface area (Å²) in [6.45, 7) is 28.4. The van der Waals surface area contributed by atoms with E-state index in [9.17, 15) is 0 Å². The smallest absolute Gasteiger partial charge is 0.314 e. The fraction of sp³-hybridized carbons (Fsp3) is 0.963. The summed E-state index contributed by atoms with van der Waals surface area (Å²) in [6.07, 6.45) is 19.1. The van der Waals surface area contributed by atoms with Crippen LogP contribution in [0.3, 0.4) is 0 Å². The van der Waals surface area contributed by atoms with Crippen LogP contribution in [0.1, 0.15) is 89.9 Å². The number of rotatable bonds is 23. The van der Waals surface area contributed by atoms with E-state index in [4.69, 9.17) is 16.5 Å². The fourth-order valence-corrected chi connectivity index (χ4v) is 29.2. The molecule has 0 rings (SSSR count). The van der Waals surface area contributed by atoms with Crippen LogP contribution in [0.2, 0.25) is 78.1 Å². The third kappa shape index (κ3) is 22.9. The first-order valence-corrected chi connectivity index (χ1v) is 30.0. The third-order valence-corrected chi connectivity index (χ3v) is 24.1. The van der Waals surface area contributed by atoms with Crippen molar-refractivity contribution in [3.05, 3.63) is 6.92 Å². The second-order valence-corrected chi connectivity index (χ2v) is 33.6. The molecule has 4 nitrogen and oxygen atoms in total. The minimum atomic E-state index is -2.33. The zero-order valence-corrected chi connectivity index (χ0v) is 31.4. The number of unbranched alkanes of at least 4 members (excludes halogenated alkanes) is 13. The molecule has 0 spiro atoms. The summed E-state index contributed by atoms with van der Waals surface area (Å²) in [5.74, 6) is 0. The summed E-state index contributed by atoms with van der Waals surface area (Å²) in [5.41, 5.74) is 0. The summed E-state index contributed by atoms with van der Waals surface area (Å²) >= 11 is 0. The number of hydrogen-bond donors (Lipinski definition) is 0. The van der Waals surface area contributed by atoms with Crippen LogP contribution < -0.4 is 0 Å². The van der Waals surface area contributed by atoms with Gasteiger partial charge in [0.05, 0.1) is 0 Å². The average molecular weight is 594 g/mol. The molecule has 36 heavy (non-hydrogen) atoms. The molecule has 217 valence electrons. The first-order valence-electron chi connectivity index (χ1n) is 15.0. The highest BCUT2D eigenvalue weighted by molar-refractivity contribution is 6.90. The summed E-state index contributed by atoms with van der Waals surface area (Å²) < 4.78 is 26.4. The molecule has 0 amide bonds. The van der Waals surface area contributed by atoms with Crippen LogP contribution in [-0.4, -0.2) is 42.3 Å². The Kier molecular flexibility index (Phi) is 18.0. The minimum absolute atomic E-state index is 1.10. The van der Waals surface area contributed by atoms with Gasteiger partial charge in [-0.1, -0.05) is 96.8 Å². The maximum absolute atomic E-state index is 6.78. The van der Waals surface area contributed by atoms with Crippen molar-refractivity contribution in [2.75, 3.05) is 0 Å². The van der Waals surface area contributed by atoms with E-state index in [1.165, 1.54) is 89.5 Å². The Morgan fingerprint density at radius 3 is 1.06 bits per heavy atom. The summed E-state index contributed by atoms with van der Waals surface area (Å²) in [6, 6.07) is 1.22. The quantitative estimate of drug-likeness (QED) is 0.0872. The molecule has 0 aromatic carbocycles. The first-order chi connectivity index (χ1) is 16.4. The molecule has 0 atom stereocenters. The Balaban J connectivity index is 4.13. The van der Waals surface area contributed by atoms with Gasteiger partial charge in [0.1, 0.15) is 0 Å². The Bertz CT molecular complexity index is 563. The lowest BCUT2D eigenvalue weighted by Gasteiger charge is -2.42. The summed E-state index contributed by atoms with van der Waals surface area (Å²) in [5, 5.41) is 0. The molecule has 0 saturated carbocycles. The molecule has 9 heteroatoms. The SMILES string of the molecule is [CH2]CCCCCCCCCCCCCCC[Si](C)(C)O[Si](C)(C)O[Si](C)(C)O[Si](C)(C)O[Si](C)(C)C. The molecule has 0 bridgehead atoms. The van der Waals surface area contributed by atoms with Crippen molar-refractivity contribution in [2.24, 2.45) is 0 Å². The minimum Gasteiger partial charge on any atom is -0.437 e. The normalized spacial score (nSPS) is 14.0. The van der Waals surface area contributed by atoms with Crippen molar-refractivity contribution in [1.29, 1.82) is 0 Å². The highest BCUT2D eigenvalue weighted by atomic mass is 28.5. The molecule has 0 fully saturated rings. The Morgan fingerprint density at radius 1 is 0.389 bits per heavy atom. The Labute approximate surface area is 233 Å². The standard InChI is InChI=1S/C27H65O4Si5/c1-13-14-15-16-17-18-19-20-21-22-23-24-25-26-27-33(5,6)29-35(9,10)31-36(11,12)30-34(7,8)28-32(2,3)4/h1,13-27H2,2-12H3. The molecule has 0 aliphatic carbocycles. The maximum Gasteiger partial charge on any atom is 0.314 e. The van der Waals surface area contributed by atoms with Gasteiger partial charge in [0.25, 0.3) is 0 Å². The van der Waals surface area contributed by atoms with E-state index >= 15 is 0 Å². The zero-order valence-electron chi connectivity index (χ0n) is 26.4. The van der Waals surface area contributed by atoms with Crippen molar-refractivity contribution in [1.82, 2.24) is 0 Å². The highest BCUT2D eigenvalue weighted by Gasteiger charge is 2.45. The molecular weight excluding hydrogens is 529 g/mol. The van der Waals surface area contributed by atoms with E-state index < -0.39 is 42.3 Å². The molecular formula is C27H65O4Si5. The van der Waals surface area contributed by atoms with Crippen molar-refractivity contribution in [2.45, 2.75) is 168 Å². The van der Waals surface area contributed by atoms with E-state index in [0.29, 0.717) is 0 Å². The van der Waals surface area contributed by atoms with Gasteiger partial charge in [0.2, 0.25) is 0 Å². The topological polar surface area (TPSA) is 36.9 Å². The van der Waals surface area contributed by atoms with E-state index in [2.05, 4.69) is 78.9 Å². The molecule has 1 radical (unpaired) electrons. The lowest BCUT2D eigenvalue weighted by molar-refractivity contribution is 0.299.